The Bertz CT molecular complexity index is 2780. The smallest absolute Gasteiger partial charge is 0.0504 e. The van der Waals surface area contributed by atoms with Gasteiger partial charge in [0.05, 0.1) is 11.0 Å². The fraction of sp³-hybridized carbons (Fsp3) is 0.286. The van der Waals surface area contributed by atoms with Gasteiger partial charge in [0.2, 0.25) is 0 Å². The molecular weight excluding hydrogens is 687 g/mol. The molecule has 1 heterocycles. The lowest BCUT2D eigenvalue weighted by atomic mass is 9.84. The van der Waals surface area contributed by atoms with Crippen LogP contribution in [0, 0.1) is 5.92 Å². The SMILES string of the molecule is CCCCCCCCC(CCCCCC)Cn1c2cc(-c3cccc4ccccc34)c3cccc4c5cccc6c(-c7cccc8ccccc78)cc1c(c65)c2c34. The summed E-state index contributed by atoms with van der Waals surface area (Å²) in [6.45, 7) is 5.72. The van der Waals surface area contributed by atoms with Crippen molar-refractivity contribution in [1.82, 2.24) is 4.57 Å². The molecule has 1 heteroatoms. The average molecular weight is 742 g/mol. The van der Waals surface area contributed by atoms with Crippen LogP contribution in [0.4, 0.5) is 0 Å². The Labute approximate surface area is 338 Å². The van der Waals surface area contributed by atoms with Gasteiger partial charge in [0.15, 0.2) is 0 Å². The topological polar surface area (TPSA) is 4.93 Å². The zero-order chi connectivity index (χ0) is 38.3. The molecule has 9 aromatic carbocycles. The molecule has 0 fully saturated rings. The molecule has 0 aliphatic heterocycles. The fourth-order valence-corrected chi connectivity index (χ4v) is 10.7. The number of rotatable bonds is 16. The number of hydrogen-bond acceptors (Lipinski definition) is 0. The Hall–Kier alpha value is -5.40. The molecule has 284 valence electrons. The van der Waals surface area contributed by atoms with E-state index in [0.29, 0.717) is 5.92 Å². The third-order valence-corrected chi connectivity index (χ3v) is 13.4. The molecule has 0 saturated heterocycles. The van der Waals surface area contributed by atoms with E-state index in [4.69, 9.17) is 0 Å². The first-order valence-electron chi connectivity index (χ1n) is 22.2. The van der Waals surface area contributed by atoms with Crippen molar-refractivity contribution in [3.05, 3.63) is 133 Å². The van der Waals surface area contributed by atoms with Crippen LogP contribution in [-0.4, -0.2) is 4.57 Å². The molecule has 1 atom stereocenters. The highest BCUT2D eigenvalue weighted by Crippen LogP contribution is 2.52. The molecule has 0 aliphatic rings. The maximum absolute atomic E-state index is 2.81. The van der Waals surface area contributed by atoms with Crippen LogP contribution in [0.3, 0.4) is 0 Å². The molecule has 10 aromatic rings. The predicted octanol–water partition coefficient (Wildman–Crippen LogP) is 17.1. The zero-order valence-electron chi connectivity index (χ0n) is 33.9. The van der Waals surface area contributed by atoms with E-state index in [1.807, 2.05) is 0 Å². The molecule has 0 aliphatic carbocycles. The van der Waals surface area contributed by atoms with Crippen molar-refractivity contribution in [2.45, 2.75) is 97.4 Å². The lowest BCUT2D eigenvalue weighted by molar-refractivity contribution is 0.365. The van der Waals surface area contributed by atoms with E-state index >= 15 is 0 Å². The van der Waals surface area contributed by atoms with Gasteiger partial charge in [-0.1, -0.05) is 199 Å². The number of fused-ring (bicyclic) bond motifs is 3. The molecule has 0 spiro atoms. The Morgan fingerprint density at radius 1 is 0.368 bits per heavy atom. The first-order chi connectivity index (χ1) is 28.2. The summed E-state index contributed by atoms with van der Waals surface area (Å²) >= 11 is 0. The van der Waals surface area contributed by atoms with Crippen molar-refractivity contribution in [2.75, 3.05) is 0 Å². The second-order valence-corrected chi connectivity index (χ2v) is 17.0. The molecule has 0 amide bonds. The minimum absolute atomic E-state index is 0.645. The van der Waals surface area contributed by atoms with Gasteiger partial charge in [-0.05, 0) is 96.2 Å². The molecule has 0 radical (unpaired) electrons. The van der Waals surface area contributed by atoms with Crippen molar-refractivity contribution in [3.8, 4) is 22.3 Å². The summed E-state index contributed by atoms with van der Waals surface area (Å²) < 4.78 is 2.81. The Balaban J connectivity index is 1.26. The second kappa shape index (κ2) is 15.5. The van der Waals surface area contributed by atoms with Crippen LogP contribution in [0.5, 0.6) is 0 Å². The molecule has 0 saturated carbocycles. The van der Waals surface area contributed by atoms with Crippen molar-refractivity contribution in [3.63, 3.8) is 0 Å². The molecule has 10 rings (SSSR count). The summed E-state index contributed by atoms with van der Waals surface area (Å²) in [5.74, 6) is 0.645. The maximum Gasteiger partial charge on any atom is 0.0504 e. The van der Waals surface area contributed by atoms with E-state index in [1.165, 1.54) is 175 Å². The van der Waals surface area contributed by atoms with Crippen molar-refractivity contribution in [2.24, 2.45) is 5.92 Å². The van der Waals surface area contributed by atoms with Crippen LogP contribution in [0.15, 0.2) is 133 Å². The fourth-order valence-electron chi connectivity index (χ4n) is 10.7. The van der Waals surface area contributed by atoms with Crippen molar-refractivity contribution < 1.29 is 0 Å². The molecule has 1 aromatic heterocycles. The lowest BCUT2D eigenvalue weighted by Crippen LogP contribution is -2.11. The van der Waals surface area contributed by atoms with Gasteiger partial charge in [-0.2, -0.15) is 0 Å². The Kier molecular flexibility index (Phi) is 9.79. The van der Waals surface area contributed by atoms with Gasteiger partial charge >= 0.3 is 0 Å². The van der Waals surface area contributed by atoms with Gasteiger partial charge in [0.25, 0.3) is 0 Å². The number of hydrogen-bond donors (Lipinski definition) is 0. The summed E-state index contributed by atoms with van der Waals surface area (Å²) in [5.41, 5.74) is 8.15. The van der Waals surface area contributed by atoms with Gasteiger partial charge in [0.1, 0.15) is 0 Å². The average Bonchev–Trinajstić information content (AvgIpc) is 3.57. The predicted molar refractivity (Wildman–Crippen MR) is 250 cm³/mol. The highest BCUT2D eigenvalue weighted by atomic mass is 15.0. The second-order valence-electron chi connectivity index (χ2n) is 17.0. The van der Waals surface area contributed by atoms with Crippen molar-refractivity contribution in [1.29, 1.82) is 0 Å². The first-order valence-corrected chi connectivity index (χ1v) is 22.2. The van der Waals surface area contributed by atoms with Crippen LogP contribution < -0.4 is 0 Å². The summed E-state index contributed by atoms with van der Waals surface area (Å²) in [5, 5.41) is 16.5. The van der Waals surface area contributed by atoms with Crippen molar-refractivity contribution >= 4 is 75.7 Å². The third kappa shape index (κ3) is 6.22. The van der Waals surface area contributed by atoms with Crippen LogP contribution in [0.1, 0.15) is 90.9 Å². The standard InChI is InChI=1S/C56H55N/c1-3-5-7-9-10-12-22-38(21-11-8-6-4-2)37-57-51-35-49(43-29-17-25-39-23-13-15-27-41(39)43)47-33-19-31-45-46-32-20-34-48-50(36-52(57)56(54(46)48)55(51)53(45)47)44-30-18-26-40-24-14-16-28-42(40)44/h13-20,23-36,38H,3-12,21-22,37H2,1-2H3. The maximum atomic E-state index is 2.81. The monoisotopic (exact) mass is 741 g/mol. The van der Waals surface area contributed by atoms with Gasteiger partial charge < -0.3 is 4.57 Å². The summed E-state index contributed by atoms with van der Waals surface area (Å²) in [7, 11) is 0. The van der Waals surface area contributed by atoms with Crippen LogP contribution in [0.25, 0.3) is 97.9 Å². The Morgan fingerprint density at radius 2 is 0.772 bits per heavy atom. The third-order valence-electron chi connectivity index (χ3n) is 13.4. The minimum Gasteiger partial charge on any atom is -0.340 e. The summed E-state index contributed by atoms with van der Waals surface area (Å²) in [6.07, 6.45) is 16.0. The van der Waals surface area contributed by atoms with E-state index in [9.17, 15) is 0 Å². The van der Waals surface area contributed by atoms with E-state index in [2.05, 4.69) is 152 Å². The van der Waals surface area contributed by atoms with E-state index in [-0.39, 0.29) is 0 Å². The molecule has 1 unspecified atom stereocenters. The minimum atomic E-state index is 0.645. The summed E-state index contributed by atoms with van der Waals surface area (Å²) in [6, 6.07) is 51.0. The normalized spacial score (nSPS) is 12.9. The quantitative estimate of drug-likeness (QED) is 0.0528. The highest BCUT2D eigenvalue weighted by Gasteiger charge is 2.27. The zero-order valence-corrected chi connectivity index (χ0v) is 33.9. The number of aromatic nitrogens is 1. The molecule has 57 heavy (non-hydrogen) atoms. The van der Waals surface area contributed by atoms with Crippen LogP contribution >= 0.6 is 0 Å². The molecule has 0 N–H and O–H groups in total. The van der Waals surface area contributed by atoms with E-state index < -0.39 is 0 Å². The number of benzene rings is 9. The van der Waals surface area contributed by atoms with Crippen LogP contribution in [-0.2, 0) is 6.54 Å². The Morgan fingerprint density at radius 3 is 1.30 bits per heavy atom. The molecular formula is C56H55N. The number of unbranched alkanes of at least 4 members (excludes halogenated alkanes) is 8. The van der Waals surface area contributed by atoms with Gasteiger partial charge in [-0.15, -0.1) is 0 Å². The lowest BCUT2D eigenvalue weighted by Gasteiger charge is -2.20. The van der Waals surface area contributed by atoms with Gasteiger partial charge in [0, 0.05) is 28.1 Å². The molecule has 0 bridgehead atoms. The highest BCUT2D eigenvalue weighted by molar-refractivity contribution is 6.42. The van der Waals surface area contributed by atoms with Gasteiger partial charge in [-0.3, -0.25) is 0 Å². The van der Waals surface area contributed by atoms with E-state index in [1.54, 1.807) is 0 Å². The largest absolute Gasteiger partial charge is 0.340 e. The first kappa shape index (κ1) is 36.0. The van der Waals surface area contributed by atoms with Gasteiger partial charge in [-0.25, -0.2) is 0 Å². The summed E-state index contributed by atoms with van der Waals surface area (Å²) in [4.78, 5) is 0. The van der Waals surface area contributed by atoms with E-state index in [0.717, 1.165) is 6.54 Å². The molecule has 1 nitrogen and oxygen atoms in total. The number of nitrogens with zero attached hydrogens (tertiary/aromatic N) is 1. The van der Waals surface area contributed by atoms with Crippen LogP contribution in [0.2, 0.25) is 0 Å².